The van der Waals surface area contributed by atoms with Crippen LogP contribution in [0.1, 0.15) is 0 Å². The third-order valence-corrected chi connectivity index (χ3v) is 5.09. The van der Waals surface area contributed by atoms with Gasteiger partial charge in [-0.1, -0.05) is 0 Å². The maximum absolute atomic E-state index is 12.4. The van der Waals surface area contributed by atoms with Gasteiger partial charge in [0.05, 0.1) is 17.6 Å². The highest BCUT2D eigenvalue weighted by molar-refractivity contribution is 7.89. The number of carbonyl (C=O) groups excluding carboxylic acids is 1. The lowest BCUT2D eigenvalue weighted by molar-refractivity contribution is -0.119. The molecule has 2 heterocycles. The molecule has 146 valence electrons. The fraction of sp³-hybridized carbons (Fsp3) is 0.176. The van der Waals surface area contributed by atoms with E-state index >= 15 is 0 Å². The van der Waals surface area contributed by atoms with Gasteiger partial charge in [0.2, 0.25) is 10.0 Å². The first-order valence-corrected chi connectivity index (χ1v) is 9.73. The van der Waals surface area contributed by atoms with Gasteiger partial charge in [0.25, 0.3) is 5.91 Å². The van der Waals surface area contributed by atoms with E-state index in [0.717, 1.165) is 0 Å². The second-order valence-electron chi connectivity index (χ2n) is 5.68. The van der Waals surface area contributed by atoms with E-state index in [1.807, 2.05) is 0 Å². The maximum Gasteiger partial charge on any atom is 0.255 e. The van der Waals surface area contributed by atoms with E-state index in [2.05, 4.69) is 19.8 Å². The number of nitrogens with zero attached hydrogens (tertiary/aromatic N) is 4. The summed E-state index contributed by atoms with van der Waals surface area (Å²) in [5, 5.41) is 4.34. The van der Waals surface area contributed by atoms with Crippen LogP contribution in [0.15, 0.2) is 60.0 Å². The van der Waals surface area contributed by atoms with Crippen LogP contribution in [0, 0.1) is 0 Å². The van der Waals surface area contributed by atoms with Crippen LogP contribution in [-0.2, 0) is 21.4 Å². The Hall–Kier alpha value is -3.31. The molecule has 0 radical (unpaired) electrons. The van der Waals surface area contributed by atoms with Crippen molar-refractivity contribution in [3.63, 3.8) is 0 Å². The summed E-state index contributed by atoms with van der Waals surface area (Å²) in [6.45, 7) is 0.230. The number of hydrogen-bond donors (Lipinski definition) is 2. The van der Waals surface area contributed by atoms with Crippen molar-refractivity contribution >= 4 is 15.9 Å². The Morgan fingerprint density at radius 3 is 2.61 bits per heavy atom. The van der Waals surface area contributed by atoms with E-state index in [1.54, 1.807) is 35.5 Å². The number of hydrogen-bond acceptors (Lipinski definition) is 7. The highest BCUT2D eigenvalue weighted by Gasteiger charge is 2.14. The second kappa shape index (κ2) is 8.59. The van der Waals surface area contributed by atoms with E-state index in [0.29, 0.717) is 23.7 Å². The van der Waals surface area contributed by atoms with Crippen molar-refractivity contribution in [3.05, 3.63) is 55.1 Å². The molecule has 0 spiro atoms. The highest BCUT2D eigenvalue weighted by Crippen LogP contribution is 2.16. The number of carbonyl (C=O) groups is 1. The molecule has 3 rings (SSSR count). The van der Waals surface area contributed by atoms with Crippen molar-refractivity contribution < 1.29 is 17.9 Å². The van der Waals surface area contributed by atoms with Gasteiger partial charge >= 0.3 is 0 Å². The third kappa shape index (κ3) is 5.11. The van der Waals surface area contributed by atoms with Crippen molar-refractivity contribution in [2.24, 2.45) is 5.73 Å². The number of sulfonamides is 1. The van der Waals surface area contributed by atoms with Crippen molar-refractivity contribution in [1.29, 1.82) is 0 Å². The first-order valence-electron chi connectivity index (χ1n) is 8.25. The molecule has 0 aliphatic rings. The van der Waals surface area contributed by atoms with E-state index in [-0.39, 0.29) is 18.0 Å². The average Bonchev–Trinajstić information content (AvgIpc) is 3.16. The molecule has 3 aromatic rings. The van der Waals surface area contributed by atoms with Gasteiger partial charge in [-0.2, -0.15) is 5.10 Å². The van der Waals surface area contributed by atoms with Gasteiger partial charge in [-0.05, 0) is 30.3 Å². The van der Waals surface area contributed by atoms with Crippen molar-refractivity contribution in [2.45, 2.75) is 11.4 Å². The minimum absolute atomic E-state index is 0.0830. The van der Waals surface area contributed by atoms with E-state index in [1.165, 1.54) is 24.3 Å². The van der Waals surface area contributed by atoms with Crippen LogP contribution in [0.5, 0.6) is 5.75 Å². The lowest BCUT2D eigenvalue weighted by Gasteiger charge is -2.08. The predicted octanol–water partition coefficient (Wildman–Crippen LogP) is 0.183. The van der Waals surface area contributed by atoms with Gasteiger partial charge in [-0.3, -0.25) is 19.4 Å². The molecule has 0 aliphatic carbocycles. The van der Waals surface area contributed by atoms with Crippen molar-refractivity contribution in [2.75, 3.05) is 13.2 Å². The summed E-state index contributed by atoms with van der Waals surface area (Å²) in [4.78, 5) is 18.9. The van der Waals surface area contributed by atoms with Gasteiger partial charge in [0, 0.05) is 25.1 Å². The number of primary amides is 1. The van der Waals surface area contributed by atoms with E-state index in [4.69, 9.17) is 10.5 Å². The minimum atomic E-state index is -3.68. The zero-order valence-electron chi connectivity index (χ0n) is 14.7. The Kier molecular flexibility index (Phi) is 5.96. The second-order valence-corrected chi connectivity index (χ2v) is 7.45. The summed E-state index contributed by atoms with van der Waals surface area (Å²) >= 11 is 0. The number of rotatable bonds is 9. The van der Waals surface area contributed by atoms with E-state index < -0.39 is 15.9 Å². The summed E-state index contributed by atoms with van der Waals surface area (Å²) in [7, 11) is -3.68. The van der Waals surface area contributed by atoms with Crippen LogP contribution in [0.2, 0.25) is 0 Å². The first-order chi connectivity index (χ1) is 13.4. The lowest BCUT2D eigenvalue weighted by atomic mass is 10.3. The predicted molar refractivity (Wildman–Crippen MR) is 99.6 cm³/mol. The molecule has 3 N–H and O–H groups in total. The average molecular weight is 402 g/mol. The number of aromatic nitrogens is 4. The molecular formula is C17H18N6O4S. The molecule has 10 nitrogen and oxygen atoms in total. The Morgan fingerprint density at radius 2 is 1.93 bits per heavy atom. The summed E-state index contributed by atoms with van der Waals surface area (Å²) in [6, 6.07) is 7.47. The van der Waals surface area contributed by atoms with Gasteiger partial charge in [0.15, 0.2) is 6.61 Å². The molecule has 1 amide bonds. The Bertz CT molecular complexity index is 1040. The SMILES string of the molecule is NC(=O)COc1ccc(S(=O)(=O)NCCn2ccc(-c3cnccn3)n2)cc1. The van der Waals surface area contributed by atoms with E-state index in [9.17, 15) is 13.2 Å². The molecule has 0 unspecified atom stereocenters. The third-order valence-electron chi connectivity index (χ3n) is 3.61. The molecular weight excluding hydrogens is 384 g/mol. The van der Waals surface area contributed by atoms with Gasteiger partial charge in [-0.25, -0.2) is 13.1 Å². The molecule has 0 saturated heterocycles. The number of nitrogens with two attached hydrogens (primary N) is 1. The normalized spacial score (nSPS) is 11.3. The van der Waals surface area contributed by atoms with Crippen LogP contribution in [0.4, 0.5) is 0 Å². The van der Waals surface area contributed by atoms with Crippen molar-refractivity contribution in [1.82, 2.24) is 24.5 Å². The molecule has 0 atom stereocenters. The monoisotopic (exact) mass is 402 g/mol. The topological polar surface area (TPSA) is 142 Å². The van der Waals surface area contributed by atoms with Crippen LogP contribution in [-0.4, -0.2) is 47.2 Å². The zero-order chi connectivity index (χ0) is 20.0. The van der Waals surface area contributed by atoms with Gasteiger partial charge < -0.3 is 10.5 Å². The fourth-order valence-electron chi connectivity index (χ4n) is 2.30. The highest BCUT2D eigenvalue weighted by atomic mass is 32.2. The quantitative estimate of drug-likeness (QED) is 0.520. The number of amides is 1. The fourth-order valence-corrected chi connectivity index (χ4v) is 3.32. The largest absolute Gasteiger partial charge is 0.484 e. The number of ether oxygens (including phenoxy) is 1. The van der Waals surface area contributed by atoms with Crippen LogP contribution in [0.3, 0.4) is 0 Å². The Morgan fingerprint density at radius 1 is 1.14 bits per heavy atom. The smallest absolute Gasteiger partial charge is 0.255 e. The standard InChI is InChI=1S/C17H18N6O4S/c18-17(24)12-27-13-1-3-14(4-2-13)28(25,26)21-8-10-23-9-5-15(22-23)16-11-19-6-7-20-16/h1-7,9,11,21H,8,10,12H2,(H2,18,24). The summed E-state index contributed by atoms with van der Waals surface area (Å²) in [6.07, 6.45) is 6.49. The Labute approximate surface area is 161 Å². The zero-order valence-corrected chi connectivity index (χ0v) is 15.5. The van der Waals surface area contributed by atoms with Crippen LogP contribution < -0.4 is 15.2 Å². The molecule has 0 bridgehead atoms. The van der Waals surface area contributed by atoms with Crippen LogP contribution >= 0.6 is 0 Å². The summed E-state index contributed by atoms with van der Waals surface area (Å²) in [5.41, 5.74) is 6.29. The van der Waals surface area contributed by atoms with Gasteiger partial charge in [-0.15, -0.1) is 0 Å². The summed E-state index contributed by atoms with van der Waals surface area (Å²) < 4.78 is 33.9. The van der Waals surface area contributed by atoms with Crippen LogP contribution in [0.25, 0.3) is 11.4 Å². The molecule has 11 heteroatoms. The van der Waals surface area contributed by atoms with Gasteiger partial charge in [0.1, 0.15) is 17.1 Å². The molecule has 2 aromatic heterocycles. The number of benzene rings is 1. The molecule has 0 saturated carbocycles. The molecule has 28 heavy (non-hydrogen) atoms. The summed E-state index contributed by atoms with van der Waals surface area (Å²) in [5.74, 6) is -0.259. The Balaban J connectivity index is 1.55. The molecule has 0 aliphatic heterocycles. The number of nitrogens with one attached hydrogen (secondary N) is 1. The minimum Gasteiger partial charge on any atom is -0.484 e. The molecule has 0 fully saturated rings. The van der Waals surface area contributed by atoms with Crippen molar-refractivity contribution in [3.8, 4) is 17.1 Å². The lowest BCUT2D eigenvalue weighted by Crippen LogP contribution is -2.27. The molecule has 1 aromatic carbocycles. The maximum atomic E-state index is 12.4. The first kappa shape index (κ1) is 19.5.